The average Bonchev–Trinajstić information content (AvgIpc) is 2.93. The molecule has 1 heterocycles. The van der Waals surface area contributed by atoms with E-state index in [0.29, 0.717) is 12.8 Å². The minimum absolute atomic E-state index is 0.000281. The van der Waals surface area contributed by atoms with Gasteiger partial charge in [0.15, 0.2) is 5.03 Å². The number of aliphatic carboxylic acids is 1. The van der Waals surface area contributed by atoms with Gasteiger partial charge in [-0.1, -0.05) is 72.7 Å². The van der Waals surface area contributed by atoms with Gasteiger partial charge in [0.1, 0.15) is 0 Å². The van der Waals surface area contributed by atoms with Crippen LogP contribution in [0, 0.1) is 11.8 Å². The van der Waals surface area contributed by atoms with Crippen LogP contribution < -0.4 is 4.72 Å². The van der Waals surface area contributed by atoms with Crippen molar-refractivity contribution < 1.29 is 18.3 Å². The summed E-state index contributed by atoms with van der Waals surface area (Å²) in [6.07, 6.45) is 2.20. The fourth-order valence-electron chi connectivity index (χ4n) is 4.19. The van der Waals surface area contributed by atoms with Crippen molar-refractivity contribution in [1.29, 1.82) is 0 Å². The molecular formula is C31H28N2O4S. The lowest BCUT2D eigenvalue weighted by atomic mass is 9.95. The van der Waals surface area contributed by atoms with Crippen molar-refractivity contribution in [3.05, 3.63) is 119 Å². The first kappa shape index (κ1) is 26.8. The topological polar surface area (TPSA) is 96.4 Å². The van der Waals surface area contributed by atoms with Crippen molar-refractivity contribution in [2.75, 3.05) is 0 Å². The summed E-state index contributed by atoms with van der Waals surface area (Å²) in [4.78, 5) is 15.1. The Labute approximate surface area is 223 Å². The lowest BCUT2D eigenvalue weighted by Gasteiger charge is -2.20. The number of hydrogen-bond acceptors (Lipinski definition) is 4. The molecule has 4 aromatic rings. The Morgan fingerprint density at radius 3 is 2.42 bits per heavy atom. The maximum atomic E-state index is 13.2. The SMILES string of the molecule is CC#Cc1cccc(-c2ccc(CC(NS(=O)(=O)c3ccccn3)c3cccc(CCC(=O)O)c3)cc2)c1. The van der Waals surface area contributed by atoms with E-state index in [1.165, 1.54) is 12.3 Å². The van der Waals surface area contributed by atoms with Crippen molar-refractivity contribution in [3.63, 3.8) is 0 Å². The second-order valence-electron chi connectivity index (χ2n) is 8.84. The summed E-state index contributed by atoms with van der Waals surface area (Å²) in [6, 6.07) is 27.6. The highest BCUT2D eigenvalue weighted by Gasteiger charge is 2.23. The van der Waals surface area contributed by atoms with E-state index in [1.807, 2.05) is 79.7 Å². The third kappa shape index (κ3) is 7.16. The van der Waals surface area contributed by atoms with E-state index in [1.54, 1.807) is 12.1 Å². The summed E-state index contributed by atoms with van der Waals surface area (Å²) < 4.78 is 29.1. The molecule has 0 aliphatic heterocycles. The third-order valence-corrected chi connectivity index (χ3v) is 7.44. The number of carboxylic acids is 1. The lowest BCUT2D eigenvalue weighted by Crippen LogP contribution is -2.30. The predicted molar refractivity (Wildman–Crippen MR) is 148 cm³/mol. The Bertz CT molecular complexity index is 1570. The maximum absolute atomic E-state index is 13.2. The van der Waals surface area contributed by atoms with Crippen LogP contribution in [0.2, 0.25) is 0 Å². The van der Waals surface area contributed by atoms with Gasteiger partial charge in [-0.25, -0.2) is 18.1 Å². The molecule has 3 aromatic carbocycles. The van der Waals surface area contributed by atoms with Crippen LogP contribution >= 0.6 is 0 Å². The smallest absolute Gasteiger partial charge is 0.303 e. The molecule has 7 heteroatoms. The van der Waals surface area contributed by atoms with Gasteiger partial charge in [0.25, 0.3) is 10.0 Å². The molecule has 0 saturated carbocycles. The van der Waals surface area contributed by atoms with Gasteiger partial charge in [0.05, 0.1) is 6.04 Å². The van der Waals surface area contributed by atoms with E-state index < -0.39 is 22.0 Å². The van der Waals surface area contributed by atoms with Crippen LogP contribution in [0.25, 0.3) is 11.1 Å². The van der Waals surface area contributed by atoms with E-state index in [0.717, 1.165) is 33.4 Å². The number of benzene rings is 3. The van der Waals surface area contributed by atoms with E-state index in [4.69, 9.17) is 5.11 Å². The van der Waals surface area contributed by atoms with Gasteiger partial charge in [-0.3, -0.25) is 4.79 Å². The summed E-state index contributed by atoms with van der Waals surface area (Å²) in [7, 11) is -3.90. The van der Waals surface area contributed by atoms with Gasteiger partial charge in [-0.2, -0.15) is 0 Å². The quantitative estimate of drug-likeness (QED) is 0.271. The summed E-state index contributed by atoms with van der Waals surface area (Å²) in [5, 5.41) is 9.01. The highest BCUT2D eigenvalue weighted by Crippen LogP contribution is 2.26. The van der Waals surface area contributed by atoms with Gasteiger partial charge in [0.2, 0.25) is 0 Å². The first-order valence-corrected chi connectivity index (χ1v) is 13.7. The van der Waals surface area contributed by atoms with E-state index in [2.05, 4.69) is 21.5 Å². The fraction of sp³-hybridized carbons (Fsp3) is 0.161. The molecule has 0 amide bonds. The highest BCUT2D eigenvalue weighted by atomic mass is 32.2. The largest absolute Gasteiger partial charge is 0.481 e. The Morgan fingerprint density at radius 2 is 1.71 bits per heavy atom. The highest BCUT2D eigenvalue weighted by molar-refractivity contribution is 7.89. The number of aryl methyl sites for hydroxylation is 1. The van der Waals surface area contributed by atoms with Gasteiger partial charge in [-0.05, 0) is 71.8 Å². The van der Waals surface area contributed by atoms with Gasteiger partial charge < -0.3 is 5.11 Å². The Morgan fingerprint density at radius 1 is 0.921 bits per heavy atom. The van der Waals surface area contributed by atoms with Crippen LogP contribution in [0.4, 0.5) is 0 Å². The molecule has 4 rings (SSSR count). The van der Waals surface area contributed by atoms with Crippen molar-refractivity contribution >= 4 is 16.0 Å². The summed E-state index contributed by atoms with van der Waals surface area (Å²) in [6.45, 7) is 1.81. The molecule has 192 valence electrons. The lowest BCUT2D eigenvalue weighted by molar-refractivity contribution is -0.136. The van der Waals surface area contributed by atoms with Crippen molar-refractivity contribution in [3.8, 4) is 23.0 Å². The number of aromatic nitrogens is 1. The van der Waals surface area contributed by atoms with Crippen LogP contribution in [0.5, 0.6) is 0 Å². The van der Waals surface area contributed by atoms with Gasteiger partial charge in [-0.15, -0.1) is 5.92 Å². The molecule has 1 aromatic heterocycles. The zero-order chi connectivity index (χ0) is 27.0. The van der Waals surface area contributed by atoms with Gasteiger partial charge >= 0.3 is 5.97 Å². The molecule has 38 heavy (non-hydrogen) atoms. The van der Waals surface area contributed by atoms with Crippen LogP contribution in [0.3, 0.4) is 0 Å². The Balaban J connectivity index is 1.63. The molecule has 1 atom stereocenters. The summed E-state index contributed by atoms with van der Waals surface area (Å²) in [5.74, 6) is 5.11. The number of rotatable bonds is 10. The Hall–Kier alpha value is -4.25. The number of carboxylic acid groups (broad SMARTS) is 1. The number of carbonyl (C=O) groups is 1. The van der Waals surface area contributed by atoms with Crippen molar-refractivity contribution in [2.24, 2.45) is 0 Å². The average molecular weight is 525 g/mol. The van der Waals surface area contributed by atoms with Crippen LogP contribution in [0.15, 0.2) is 102 Å². The van der Waals surface area contributed by atoms with E-state index >= 15 is 0 Å². The van der Waals surface area contributed by atoms with Gasteiger partial charge in [0, 0.05) is 18.2 Å². The fourth-order valence-corrected chi connectivity index (χ4v) is 5.36. The first-order valence-electron chi connectivity index (χ1n) is 12.2. The number of nitrogens with one attached hydrogen (secondary N) is 1. The third-order valence-electron chi connectivity index (χ3n) is 6.05. The summed E-state index contributed by atoms with van der Waals surface area (Å²) >= 11 is 0. The minimum Gasteiger partial charge on any atom is -0.481 e. The molecule has 0 aliphatic rings. The zero-order valence-corrected chi connectivity index (χ0v) is 21.8. The Kier molecular flexibility index (Phi) is 8.70. The molecular weight excluding hydrogens is 496 g/mol. The molecule has 6 nitrogen and oxygen atoms in total. The maximum Gasteiger partial charge on any atom is 0.303 e. The standard InChI is InChI=1S/C31H28N2O4S/c1-2-7-23-8-5-10-27(20-23)26-16-13-25(14-17-26)22-29(33-38(36,37)30-12-3-4-19-32-30)28-11-6-9-24(21-28)15-18-31(34)35/h3-6,8-14,16-17,19-21,29,33H,15,18,22H2,1H3,(H,34,35). The van der Waals surface area contributed by atoms with E-state index in [-0.39, 0.29) is 11.4 Å². The number of nitrogens with zero attached hydrogens (tertiary/aromatic N) is 1. The minimum atomic E-state index is -3.90. The van der Waals surface area contributed by atoms with Crippen LogP contribution in [-0.2, 0) is 27.7 Å². The zero-order valence-electron chi connectivity index (χ0n) is 21.0. The van der Waals surface area contributed by atoms with Crippen LogP contribution in [0.1, 0.15) is 41.6 Å². The first-order chi connectivity index (χ1) is 18.3. The van der Waals surface area contributed by atoms with Crippen LogP contribution in [-0.4, -0.2) is 24.5 Å². The molecule has 0 radical (unpaired) electrons. The van der Waals surface area contributed by atoms with Crippen molar-refractivity contribution in [1.82, 2.24) is 9.71 Å². The molecule has 2 N–H and O–H groups in total. The molecule has 0 fully saturated rings. The predicted octanol–water partition coefficient (Wildman–Crippen LogP) is 5.40. The molecule has 0 aliphatic carbocycles. The number of pyridine rings is 1. The van der Waals surface area contributed by atoms with Crippen molar-refractivity contribution in [2.45, 2.75) is 37.3 Å². The normalized spacial score (nSPS) is 11.8. The molecule has 0 saturated heterocycles. The summed E-state index contributed by atoms with van der Waals surface area (Å²) in [5.41, 5.74) is 5.56. The molecule has 0 bridgehead atoms. The number of sulfonamides is 1. The second kappa shape index (κ2) is 12.3. The van der Waals surface area contributed by atoms with E-state index in [9.17, 15) is 13.2 Å². The molecule has 0 spiro atoms. The number of hydrogen-bond donors (Lipinski definition) is 2. The monoisotopic (exact) mass is 524 g/mol. The molecule has 1 unspecified atom stereocenters. The second-order valence-corrected chi connectivity index (χ2v) is 10.5.